The van der Waals surface area contributed by atoms with E-state index < -0.39 is 16.5 Å². The minimum absolute atomic E-state index is 0.109. The second-order valence-corrected chi connectivity index (χ2v) is 13.8. The maximum absolute atomic E-state index is 13.5. The van der Waals surface area contributed by atoms with Crippen molar-refractivity contribution in [1.82, 2.24) is 10.2 Å². The molecule has 0 bridgehead atoms. The van der Waals surface area contributed by atoms with Crippen molar-refractivity contribution < 1.29 is 19.1 Å². The number of nitrogens with one attached hydrogen (secondary N) is 1. The smallest absolute Gasteiger partial charge is 0.254 e. The first kappa shape index (κ1) is 31.3. The molecule has 1 rings (SSSR count). The first-order valence-electron chi connectivity index (χ1n) is 12.8. The number of hydrogen-bond donors (Lipinski definition) is 2. The molecule has 3 N–H and O–H groups in total. The van der Waals surface area contributed by atoms with Crippen LogP contribution in [0.1, 0.15) is 109 Å². The maximum Gasteiger partial charge on any atom is 0.254 e. The number of hydrogen-bond acceptors (Lipinski definition) is 5. The summed E-state index contributed by atoms with van der Waals surface area (Å²) in [5, 5.41) is 3.25. The molecule has 0 fully saturated rings. The zero-order valence-corrected chi connectivity index (χ0v) is 24.3. The fourth-order valence-electron chi connectivity index (χ4n) is 5.37. The van der Waals surface area contributed by atoms with E-state index in [1.165, 1.54) is 17.1 Å². The van der Waals surface area contributed by atoms with Gasteiger partial charge in [0.15, 0.2) is 0 Å². The van der Waals surface area contributed by atoms with Crippen molar-refractivity contribution >= 4 is 17.7 Å². The van der Waals surface area contributed by atoms with E-state index in [1.54, 1.807) is 0 Å². The molecule has 0 saturated heterocycles. The van der Waals surface area contributed by atoms with Gasteiger partial charge in [0.1, 0.15) is 0 Å². The number of nitrogens with two attached hydrogens (primary N) is 1. The number of rotatable bonds is 13. The number of amides is 3. The Morgan fingerprint density at radius 2 is 1.40 bits per heavy atom. The summed E-state index contributed by atoms with van der Waals surface area (Å²) in [6.45, 7) is 24.6. The van der Waals surface area contributed by atoms with Gasteiger partial charge in [-0.1, -0.05) is 34.6 Å². The van der Waals surface area contributed by atoms with Crippen LogP contribution in [0.25, 0.3) is 0 Å². The van der Waals surface area contributed by atoms with Gasteiger partial charge in [-0.15, -0.1) is 0 Å². The highest BCUT2D eigenvalue weighted by atomic mass is 16.5. The summed E-state index contributed by atoms with van der Waals surface area (Å²) >= 11 is 0. The van der Waals surface area contributed by atoms with Crippen molar-refractivity contribution in [2.75, 3.05) is 6.61 Å². The van der Waals surface area contributed by atoms with Crippen molar-refractivity contribution in [3.05, 3.63) is 12.2 Å². The van der Waals surface area contributed by atoms with E-state index in [-0.39, 0.29) is 34.3 Å². The predicted octanol–water partition coefficient (Wildman–Crippen LogP) is 4.73. The molecule has 0 aromatic heterocycles. The monoisotopic (exact) mass is 493 g/mol. The van der Waals surface area contributed by atoms with Crippen LogP contribution >= 0.6 is 0 Å². The molecule has 1 aliphatic rings. The van der Waals surface area contributed by atoms with Crippen LogP contribution in [0.4, 0.5) is 0 Å². The van der Waals surface area contributed by atoms with Crippen LogP contribution in [0.2, 0.25) is 0 Å². The SMILES string of the molecule is CCC(C)(OCCC(C)(C)N)C(C)(C)CC(C)(C)NC(=O)C(C)(C)CC(C)(C)N1C(=O)C=CC1=O. The van der Waals surface area contributed by atoms with Gasteiger partial charge >= 0.3 is 0 Å². The highest BCUT2D eigenvalue weighted by Gasteiger charge is 2.47. The summed E-state index contributed by atoms with van der Waals surface area (Å²) in [4.78, 5) is 39.1. The van der Waals surface area contributed by atoms with Crippen LogP contribution < -0.4 is 11.1 Å². The van der Waals surface area contributed by atoms with Gasteiger partial charge in [0.2, 0.25) is 5.91 Å². The summed E-state index contributed by atoms with van der Waals surface area (Å²) in [5.41, 5.74) is 3.13. The first-order chi connectivity index (χ1) is 15.5. The van der Waals surface area contributed by atoms with E-state index in [9.17, 15) is 14.4 Å². The third-order valence-corrected chi connectivity index (χ3v) is 7.51. The number of ether oxygens (including phenoxy) is 1. The fourth-order valence-corrected chi connectivity index (χ4v) is 5.37. The Hall–Kier alpha value is -1.73. The molecule has 1 atom stereocenters. The van der Waals surface area contributed by atoms with Crippen LogP contribution in [0.5, 0.6) is 0 Å². The van der Waals surface area contributed by atoms with Gasteiger partial charge in [0, 0.05) is 40.8 Å². The largest absolute Gasteiger partial charge is 0.375 e. The normalized spacial score (nSPS) is 17.7. The van der Waals surface area contributed by atoms with E-state index in [0.717, 1.165) is 12.8 Å². The Labute approximate surface area is 213 Å². The van der Waals surface area contributed by atoms with Crippen LogP contribution in [0.3, 0.4) is 0 Å². The molecule has 0 saturated carbocycles. The molecule has 1 unspecified atom stereocenters. The molecule has 3 amide bonds. The standard InChI is InChI=1S/C28H51N3O4/c1-13-28(12,35-17-16-25(6,7)29)24(4,5)19-26(8,9)30-22(34)23(2,3)18-27(10,11)31-20(32)14-15-21(31)33/h14-15H,13,16-19,29H2,1-12H3,(H,30,34). The van der Waals surface area contributed by atoms with Gasteiger partial charge in [-0.3, -0.25) is 19.3 Å². The molecule has 1 heterocycles. The second-order valence-electron chi connectivity index (χ2n) is 13.8. The molecule has 0 spiro atoms. The lowest BCUT2D eigenvalue weighted by molar-refractivity contribution is -0.147. The van der Waals surface area contributed by atoms with E-state index in [4.69, 9.17) is 10.5 Å². The molecule has 0 aliphatic carbocycles. The summed E-state index contributed by atoms with van der Waals surface area (Å²) in [6.07, 6.45) is 5.21. The highest BCUT2D eigenvalue weighted by Crippen LogP contribution is 2.43. The number of carbonyl (C=O) groups excluding carboxylic acids is 3. The van der Waals surface area contributed by atoms with Gasteiger partial charge in [0.05, 0.1) is 5.60 Å². The van der Waals surface area contributed by atoms with Gasteiger partial charge in [-0.25, -0.2) is 0 Å². The average Bonchev–Trinajstić information content (AvgIpc) is 2.97. The van der Waals surface area contributed by atoms with Crippen LogP contribution in [-0.2, 0) is 19.1 Å². The van der Waals surface area contributed by atoms with Gasteiger partial charge < -0.3 is 15.8 Å². The van der Waals surface area contributed by atoms with Crippen LogP contribution in [0, 0.1) is 10.8 Å². The highest BCUT2D eigenvalue weighted by molar-refractivity contribution is 6.13. The average molecular weight is 494 g/mol. The molecular weight excluding hydrogens is 442 g/mol. The first-order valence-corrected chi connectivity index (χ1v) is 12.8. The van der Waals surface area contributed by atoms with E-state index >= 15 is 0 Å². The number of carbonyl (C=O) groups is 3. The van der Waals surface area contributed by atoms with Crippen molar-refractivity contribution in [2.24, 2.45) is 16.6 Å². The van der Waals surface area contributed by atoms with E-state index in [1.807, 2.05) is 55.4 Å². The van der Waals surface area contributed by atoms with E-state index in [2.05, 4.69) is 33.0 Å². The van der Waals surface area contributed by atoms with Crippen LogP contribution in [-0.4, -0.2) is 51.4 Å². The zero-order valence-electron chi connectivity index (χ0n) is 24.3. The summed E-state index contributed by atoms with van der Waals surface area (Å²) < 4.78 is 6.41. The topological polar surface area (TPSA) is 102 Å². The van der Waals surface area contributed by atoms with Gasteiger partial charge in [0.25, 0.3) is 11.8 Å². The molecule has 0 aromatic carbocycles. The summed E-state index contributed by atoms with van der Waals surface area (Å²) in [5.74, 6) is -0.784. The Bertz CT molecular complexity index is 816. The predicted molar refractivity (Wildman–Crippen MR) is 142 cm³/mol. The number of imide groups is 1. The molecule has 7 heteroatoms. The van der Waals surface area contributed by atoms with E-state index in [0.29, 0.717) is 19.4 Å². The van der Waals surface area contributed by atoms with Crippen molar-refractivity contribution in [2.45, 2.75) is 131 Å². The number of nitrogens with zero attached hydrogens (tertiary/aromatic N) is 1. The zero-order chi connectivity index (χ0) is 27.7. The lowest BCUT2D eigenvalue weighted by atomic mass is 9.67. The van der Waals surface area contributed by atoms with Gasteiger partial charge in [-0.2, -0.15) is 0 Å². The van der Waals surface area contributed by atoms with Crippen molar-refractivity contribution in [3.8, 4) is 0 Å². The molecule has 7 nitrogen and oxygen atoms in total. The molecule has 0 radical (unpaired) electrons. The maximum atomic E-state index is 13.5. The van der Waals surface area contributed by atoms with Gasteiger partial charge in [-0.05, 0) is 79.6 Å². The third kappa shape index (κ3) is 8.14. The Morgan fingerprint density at radius 1 is 0.914 bits per heavy atom. The second kappa shape index (κ2) is 10.3. The Balaban J connectivity index is 2.94. The Kier molecular flexibility index (Phi) is 9.24. The van der Waals surface area contributed by atoms with Crippen molar-refractivity contribution in [3.63, 3.8) is 0 Å². The minimum atomic E-state index is -0.800. The Morgan fingerprint density at radius 3 is 1.83 bits per heavy atom. The lowest BCUT2D eigenvalue weighted by Crippen LogP contribution is -2.57. The molecule has 0 aromatic rings. The summed E-state index contributed by atoms with van der Waals surface area (Å²) in [7, 11) is 0. The molecular formula is C28H51N3O4. The quantitative estimate of drug-likeness (QED) is 0.361. The fraction of sp³-hybridized carbons (Fsp3) is 0.821. The third-order valence-electron chi connectivity index (χ3n) is 7.51. The molecule has 202 valence electrons. The summed E-state index contributed by atoms with van der Waals surface area (Å²) in [6, 6.07) is 0. The lowest BCUT2D eigenvalue weighted by Gasteiger charge is -2.48. The molecule has 1 aliphatic heterocycles. The van der Waals surface area contributed by atoms with Crippen molar-refractivity contribution in [1.29, 1.82) is 0 Å². The molecule has 35 heavy (non-hydrogen) atoms. The van der Waals surface area contributed by atoms with Crippen LogP contribution in [0.15, 0.2) is 12.2 Å². The minimum Gasteiger partial charge on any atom is -0.375 e.